The molecule has 35 heavy (non-hydrogen) atoms. The fourth-order valence-corrected chi connectivity index (χ4v) is 5.52. The van der Waals surface area contributed by atoms with Crippen LogP contribution in [0.25, 0.3) is 33.2 Å². The Morgan fingerprint density at radius 3 is 2.43 bits per heavy atom. The van der Waals surface area contributed by atoms with Crippen molar-refractivity contribution in [3.05, 3.63) is 108 Å². The van der Waals surface area contributed by atoms with E-state index in [1.54, 1.807) is 48.7 Å². The Hall–Kier alpha value is -3.68. The van der Waals surface area contributed by atoms with E-state index in [4.69, 9.17) is 11.6 Å². The molecule has 0 radical (unpaired) electrons. The number of aromatic nitrogens is 3. The highest BCUT2D eigenvalue weighted by molar-refractivity contribution is 7.90. The number of sulfone groups is 1. The van der Waals surface area contributed by atoms with Gasteiger partial charge in [0.05, 0.1) is 27.1 Å². The van der Waals surface area contributed by atoms with Crippen molar-refractivity contribution in [2.24, 2.45) is 0 Å². The fraction of sp³-hybridized carbons (Fsp3) is 0.0741. The summed E-state index contributed by atoms with van der Waals surface area (Å²) in [6.45, 7) is 1.98. The second kappa shape index (κ2) is 9.17. The van der Waals surface area contributed by atoms with E-state index >= 15 is 0 Å². The largest absolute Gasteiger partial charge is 0.256 e. The molecular formula is C27H19ClFN3O2S. The van der Waals surface area contributed by atoms with Gasteiger partial charge in [-0.25, -0.2) is 22.8 Å². The second-order valence-corrected chi connectivity index (χ2v) is 10.6. The van der Waals surface area contributed by atoms with Crippen LogP contribution < -0.4 is 0 Å². The van der Waals surface area contributed by atoms with Crippen LogP contribution in [0.4, 0.5) is 4.39 Å². The molecule has 0 N–H and O–H groups in total. The van der Waals surface area contributed by atoms with Crippen LogP contribution in [-0.4, -0.2) is 23.4 Å². The number of hydrogen-bond acceptors (Lipinski definition) is 5. The summed E-state index contributed by atoms with van der Waals surface area (Å²) in [5.74, 6) is -0.658. The van der Waals surface area contributed by atoms with Crippen molar-refractivity contribution in [3.63, 3.8) is 0 Å². The minimum absolute atomic E-state index is 0.0745. The van der Waals surface area contributed by atoms with Crippen molar-refractivity contribution < 1.29 is 12.8 Å². The summed E-state index contributed by atoms with van der Waals surface area (Å²) in [4.78, 5) is 12.7. The monoisotopic (exact) mass is 503 g/mol. The highest BCUT2D eigenvalue weighted by Crippen LogP contribution is 2.33. The molecule has 2 heterocycles. The van der Waals surface area contributed by atoms with Crippen molar-refractivity contribution >= 4 is 32.2 Å². The first-order valence-corrected chi connectivity index (χ1v) is 12.8. The zero-order valence-electron chi connectivity index (χ0n) is 18.6. The highest BCUT2D eigenvalue weighted by atomic mass is 35.5. The summed E-state index contributed by atoms with van der Waals surface area (Å²) in [5, 5.41) is 1.69. The Morgan fingerprint density at radius 2 is 1.69 bits per heavy atom. The fourth-order valence-electron chi connectivity index (χ4n) is 4.03. The maximum atomic E-state index is 13.6. The molecule has 174 valence electrons. The number of rotatable bonds is 5. The summed E-state index contributed by atoms with van der Waals surface area (Å²) in [6.07, 6.45) is 4.53. The highest BCUT2D eigenvalue weighted by Gasteiger charge is 2.18. The van der Waals surface area contributed by atoms with Gasteiger partial charge in [-0.05, 0) is 65.4 Å². The lowest BCUT2D eigenvalue weighted by Crippen LogP contribution is -2.06. The zero-order chi connectivity index (χ0) is 24.6. The van der Waals surface area contributed by atoms with Crippen molar-refractivity contribution in [1.29, 1.82) is 0 Å². The van der Waals surface area contributed by atoms with Crippen molar-refractivity contribution in [1.82, 2.24) is 15.0 Å². The second-order valence-electron chi connectivity index (χ2n) is 8.16. The quantitative estimate of drug-likeness (QED) is 0.276. The molecule has 0 bridgehead atoms. The van der Waals surface area contributed by atoms with Crippen LogP contribution in [0.2, 0.25) is 5.02 Å². The van der Waals surface area contributed by atoms with Crippen LogP contribution >= 0.6 is 11.6 Å². The van der Waals surface area contributed by atoms with Gasteiger partial charge < -0.3 is 0 Å². The number of aryl methyl sites for hydroxylation is 1. The van der Waals surface area contributed by atoms with E-state index in [1.165, 1.54) is 18.6 Å². The molecule has 0 aliphatic rings. The average Bonchev–Trinajstić information content (AvgIpc) is 2.85. The van der Waals surface area contributed by atoms with Gasteiger partial charge in [0.25, 0.3) is 0 Å². The Bertz CT molecular complexity index is 1680. The lowest BCUT2D eigenvalue weighted by molar-refractivity contribution is 0.594. The van der Waals surface area contributed by atoms with Gasteiger partial charge in [-0.1, -0.05) is 41.9 Å². The van der Waals surface area contributed by atoms with Gasteiger partial charge in [0.1, 0.15) is 12.1 Å². The van der Waals surface area contributed by atoms with Gasteiger partial charge in [-0.15, -0.1) is 0 Å². The maximum Gasteiger partial charge on any atom is 0.184 e. The number of nitrogens with zero attached hydrogens (tertiary/aromatic N) is 3. The van der Waals surface area contributed by atoms with Crippen LogP contribution in [0.3, 0.4) is 0 Å². The first-order chi connectivity index (χ1) is 16.8. The first-order valence-electron chi connectivity index (χ1n) is 10.7. The number of pyridine rings is 1. The van der Waals surface area contributed by atoms with Gasteiger partial charge in [0.2, 0.25) is 0 Å². The summed E-state index contributed by atoms with van der Waals surface area (Å²) < 4.78 is 39.5. The third-order valence-electron chi connectivity index (χ3n) is 5.81. The minimum Gasteiger partial charge on any atom is -0.256 e. The lowest BCUT2D eigenvalue weighted by atomic mass is 9.96. The molecule has 5 aromatic rings. The van der Waals surface area contributed by atoms with Gasteiger partial charge in [-0.2, -0.15) is 0 Å². The van der Waals surface area contributed by atoms with Gasteiger partial charge in [-0.3, -0.25) is 4.98 Å². The molecule has 0 saturated carbocycles. The predicted molar refractivity (Wildman–Crippen MR) is 135 cm³/mol. The van der Waals surface area contributed by atoms with Gasteiger partial charge >= 0.3 is 0 Å². The molecule has 3 aromatic carbocycles. The molecule has 0 amide bonds. The Morgan fingerprint density at radius 1 is 0.886 bits per heavy atom. The van der Waals surface area contributed by atoms with E-state index in [-0.39, 0.29) is 15.7 Å². The van der Waals surface area contributed by atoms with Crippen LogP contribution in [0.15, 0.2) is 90.3 Å². The molecule has 8 heteroatoms. The average molecular weight is 504 g/mol. The van der Waals surface area contributed by atoms with E-state index in [9.17, 15) is 12.8 Å². The first kappa shape index (κ1) is 23.1. The van der Waals surface area contributed by atoms with E-state index in [0.717, 1.165) is 38.7 Å². The van der Waals surface area contributed by atoms with Crippen molar-refractivity contribution in [3.8, 4) is 22.4 Å². The molecule has 0 aliphatic heterocycles. The van der Waals surface area contributed by atoms with Crippen molar-refractivity contribution in [2.75, 3.05) is 0 Å². The molecule has 0 aliphatic carbocycles. The molecule has 0 saturated heterocycles. The molecule has 0 unspecified atom stereocenters. The predicted octanol–water partition coefficient (Wildman–Crippen LogP) is 6.43. The summed E-state index contributed by atoms with van der Waals surface area (Å²) in [6, 6.07) is 19.0. The molecule has 0 fully saturated rings. The minimum atomic E-state index is -3.58. The van der Waals surface area contributed by atoms with Gasteiger partial charge in [0.15, 0.2) is 9.84 Å². The standard InChI is InChI=1S/C27H19ClFN3O2S/c1-17-12-18(19-3-7-26(29)25(28)14-19)2-5-23(17)27-24-6-4-22(13-20(24)8-11-31-27)35(33,34)15-21-9-10-30-16-32-21/h2-14,16H,15H2,1H3. The Balaban J connectivity index is 1.52. The number of fused-ring (bicyclic) bond motifs is 1. The summed E-state index contributed by atoms with van der Waals surface area (Å²) in [5.41, 5.74) is 4.81. The van der Waals surface area contributed by atoms with E-state index < -0.39 is 15.7 Å². The third-order valence-corrected chi connectivity index (χ3v) is 7.75. The molecule has 2 aromatic heterocycles. The molecule has 0 atom stereocenters. The lowest BCUT2D eigenvalue weighted by Gasteiger charge is -2.12. The van der Waals surface area contributed by atoms with Crippen LogP contribution in [0.1, 0.15) is 11.3 Å². The Kier molecular flexibility index (Phi) is 6.05. The molecular weight excluding hydrogens is 485 g/mol. The zero-order valence-corrected chi connectivity index (χ0v) is 20.2. The Labute approximate surface area is 207 Å². The number of halogens is 2. The van der Waals surface area contributed by atoms with Crippen molar-refractivity contribution in [2.45, 2.75) is 17.6 Å². The third kappa shape index (κ3) is 4.65. The van der Waals surface area contributed by atoms with Gasteiger partial charge in [0, 0.05) is 23.3 Å². The van der Waals surface area contributed by atoms with Crippen LogP contribution in [-0.2, 0) is 15.6 Å². The maximum absolute atomic E-state index is 13.6. The SMILES string of the molecule is Cc1cc(-c2ccc(F)c(Cl)c2)ccc1-c1nccc2cc(S(=O)(=O)Cc3ccncn3)ccc12. The summed E-state index contributed by atoms with van der Waals surface area (Å²) >= 11 is 5.95. The molecule has 0 spiro atoms. The number of hydrogen-bond donors (Lipinski definition) is 0. The smallest absolute Gasteiger partial charge is 0.184 e. The van der Waals surface area contributed by atoms with E-state index in [1.807, 2.05) is 25.1 Å². The normalized spacial score (nSPS) is 11.6. The topological polar surface area (TPSA) is 72.8 Å². The summed E-state index contributed by atoms with van der Waals surface area (Å²) in [7, 11) is -3.58. The molecule has 5 rings (SSSR count). The van der Waals surface area contributed by atoms with Crippen LogP contribution in [0, 0.1) is 12.7 Å². The molecule has 5 nitrogen and oxygen atoms in total. The number of benzene rings is 3. The van der Waals surface area contributed by atoms with Crippen LogP contribution in [0.5, 0.6) is 0 Å². The van der Waals surface area contributed by atoms with E-state index in [0.29, 0.717) is 5.69 Å². The van der Waals surface area contributed by atoms with E-state index in [2.05, 4.69) is 15.0 Å².